The van der Waals surface area contributed by atoms with Gasteiger partial charge in [0, 0.05) is 16.9 Å². The second-order valence-electron chi connectivity index (χ2n) is 3.00. The van der Waals surface area contributed by atoms with Crippen molar-refractivity contribution in [1.82, 2.24) is 0 Å². The molecule has 13 heavy (non-hydrogen) atoms. The molecular weight excluding hydrogens is 250 g/mol. The van der Waals surface area contributed by atoms with Crippen LogP contribution in [0.4, 0.5) is 0 Å². The number of hydrogen-bond donors (Lipinski definition) is 1. The zero-order valence-corrected chi connectivity index (χ0v) is 9.40. The average molecular weight is 260 g/mol. The van der Waals surface area contributed by atoms with Gasteiger partial charge in [0.05, 0.1) is 0 Å². The summed E-state index contributed by atoms with van der Waals surface area (Å²) in [5, 5.41) is 0. The van der Waals surface area contributed by atoms with Gasteiger partial charge in [-0.05, 0) is 43.6 Å². The second kappa shape index (κ2) is 3.90. The molecule has 1 aliphatic rings. The third-order valence-electron chi connectivity index (χ3n) is 2.13. The molecular formula is C9H10BrNOS. The lowest BCUT2D eigenvalue weighted by molar-refractivity contribution is 0.179. The Kier molecular flexibility index (Phi) is 2.81. The molecule has 0 saturated heterocycles. The van der Waals surface area contributed by atoms with Crippen molar-refractivity contribution in [3.05, 3.63) is 23.8 Å². The van der Waals surface area contributed by atoms with E-state index in [0.29, 0.717) is 0 Å². The third-order valence-corrected chi connectivity index (χ3v) is 3.73. The second-order valence-corrected chi connectivity index (χ2v) is 4.57. The summed E-state index contributed by atoms with van der Waals surface area (Å²) in [5.41, 5.74) is 6.97. The van der Waals surface area contributed by atoms with E-state index in [4.69, 9.17) is 10.5 Å². The Morgan fingerprint density at radius 2 is 2.38 bits per heavy atom. The molecule has 0 amide bonds. The molecule has 1 atom stereocenters. The maximum absolute atomic E-state index is 5.70. The molecule has 0 spiro atoms. The highest BCUT2D eigenvalue weighted by molar-refractivity contribution is 9.50. The first-order chi connectivity index (χ1) is 6.31. The quantitative estimate of drug-likeness (QED) is 0.843. The molecule has 2 N–H and O–H groups in total. The molecule has 1 heterocycles. The minimum atomic E-state index is -0.136. The van der Waals surface area contributed by atoms with E-state index < -0.39 is 0 Å². The third kappa shape index (κ3) is 1.85. The molecule has 0 radical (unpaired) electrons. The van der Waals surface area contributed by atoms with Gasteiger partial charge in [0.1, 0.15) is 12.0 Å². The van der Waals surface area contributed by atoms with Crippen LogP contribution in [-0.4, -0.2) is 6.23 Å². The van der Waals surface area contributed by atoms with Crippen molar-refractivity contribution < 1.29 is 4.74 Å². The predicted molar refractivity (Wildman–Crippen MR) is 58.2 cm³/mol. The highest BCUT2D eigenvalue weighted by atomic mass is 79.9. The molecule has 1 aromatic carbocycles. The standard InChI is InChI=1S/C9H10BrNOS/c10-13-8-3-1-2-7-6(8)4-5-9(11)12-7/h1-3,9H,4-5,11H2. The summed E-state index contributed by atoms with van der Waals surface area (Å²) in [5.74, 6) is 0.934. The summed E-state index contributed by atoms with van der Waals surface area (Å²) < 4.78 is 5.52. The van der Waals surface area contributed by atoms with Crippen LogP contribution < -0.4 is 10.5 Å². The smallest absolute Gasteiger partial charge is 0.148 e. The summed E-state index contributed by atoms with van der Waals surface area (Å²) >= 11 is 3.38. The van der Waals surface area contributed by atoms with Crippen molar-refractivity contribution in [1.29, 1.82) is 0 Å². The SMILES string of the molecule is NC1CCc2c(cccc2SBr)O1. The van der Waals surface area contributed by atoms with Gasteiger partial charge < -0.3 is 4.74 Å². The van der Waals surface area contributed by atoms with Crippen molar-refractivity contribution in [2.75, 3.05) is 0 Å². The molecule has 0 fully saturated rings. The Hall–Kier alpha value is -0.190. The predicted octanol–water partition coefficient (Wildman–Crippen LogP) is 2.70. The van der Waals surface area contributed by atoms with Gasteiger partial charge >= 0.3 is 0 Å². The van der Waals surface area contributed by atoms with E-state index in [1.165, 1.54) is 10.5 Å². The minimum absolute atomic E-state index is 0.136. The van der Waals surface area contributed by atoms with E-state index in [9.17, 15) is 0 Å². The molecule has 1 aliphatic heterocycles. The molecule has 4 heteroatoms. The number of rotatable bonds is 1. The van der Waals surface area contributed by atoms with Crippen LogP contribution in [0.25, 0.3) is 0 Å². The molecule has 2 nitrogen and oxygen atoms in total. The molecule has 2 rings (SSSR count). The summed E-state index contributed by atoms with van der Waals surface area (Å²) in [7, 11) is 1.58. The number of benzene rings is 1. The molecule has 0 aliphatic carbocycles. The van der Waals surface area contributed by atoms with E-state index in [0.717, 1.165) is 18.6 Å². The van der Waals surface area contributed by atoms with Crippen molar-refractivity contribution in [2.45, 2.75) is 24.0 Å². The van der Waals surface area contributed by atoms with Crippen molar-refractivity contribution in [3.63, 3.8) is 0 Å². The van der Waals surface area contributed by atoms with Crippen LogP contribution in [0, 0.1) is 0 Å². The number of ether oxygens (including phenoxy) is 1. The lowest BCUT2D eigenvalue weighted by atomic mass is 10.1. The van der Waals surface area contributed by atoms with E-state index in [2.05, 4.69) is 20.9 Å². The Morgan fingerprint density at radius 1 is 1.54 bits per heavy atom. The van der Waals surface area contributed by atoms with Gasteiger partial charge in [0.2, 0.25) is 0 Å². The number of halogens is 1. The Morgan fingerprint density at radius 3 is 3.15 bits per heavy atom. The lowest BCUT2D eigenvalue weighted by Gasteiger charge is -2.24. The van der Waals surface area contributed by atoms with Gasteiger partial charge in [-0.3, -0.25) is 5.73 Å². The maximum atomic E-state index is 5.70. The highest BCUT2D eigenvalue weighted by Crippen LogP contribution is 2.36. The summed E-state index contributed by atoms with van der Waals surface area (Å²) in [6.45, 7) is 0. The largest absolute Gasteiger partial charge is 0.475 e. The van der Waals surface area contributed by atoms with Crippen LogP contribution in [-0.2, 0) is 6.42 Å². The molecule has 70 valence electrons. The first-order valence-corrected chi connectivity index (χ1v) is 6.80. The topological polar surface area (TPSA) is 35.2 Å². The first kappa shape index (κ1) is 9.37. The van der Waals surface area contributed by atoms with Gasteiger partial charge in [0.25, 0.3) is 0 Å². The number of hydrogen-bond acceptors (Lipinski definition) is 3. The fraction of sp³-hybridized carbons (Fsp3) is 0.333. The lowest BCUT2D eigenvalue weighted by Crippen LogP contribution is -2.31. The summed E-state index contributed by atoms with van der Waals surface area (Å²) in [4.78, 5) is 1.23. The van der Waals surface area contributed by atoms with Crippen LogP contribution >= 0.6 is 25.0 Å². The number of nitrogens with two attached hydrogens (primary N) is 1. The monoisotopic (exact) mass is 259 g/mol. The normalized spacial score (nSPS) is 20.6. The van der Waals surface area contributed by atoms with E-state index in [-0.39, 0.29) is 6.23 Å². The maximum Gasteiger partial charge on any atom is 0.148 e. The van der Waals surface area contributed by atoms with Crippen LogP contribution in [0.5, 0.6) is 5.75 Å². The Balaban J connectivity index is 2.39. The molecule has 0 bridgehead atoms. The van der Waals surface area contributed by atoms with Crippen LogP contribution in [0.1, 0.15) is 12.0 Å². The van der Waals surface area contributed by atoms with Gasteiger partial charge in [-0.25, -0.2) is 0 Å². The van der Waals surface area contributed by atoms with E-state index in [1.54, 1.807) is 10.2 Å². The van der Waals surface area contributed by atoms with E-state index >= 15 is 0 Å². The van der Waals surface area contributed by atoms with Crippen LogP contribution in [0.3, 0.4) is 0 Å². The zero-order valence-electron chi connectivity index (χ0n) is 7.00. The average Bonchev–Trinajstić information content (AvgIpc) is 2.16. The van der Waals surface area contributed by atoms with Gasteiger partial charge in [0.15, 0.2) is 0 Å². The first-order valence-electron chi connectivity index (χ1n) is 4.14. The fourth-order valence-corrected chi connectivity index (χ4v) is 2.82. The van der Waals surface area contributed by atoms with Crippen LogP contribution in [0.15, 0.2) is 23.1 Å². The molecule has 1 unspecified atom stereocenters. The Labute approximate surface area is 89.0 Å². The molecule has 1 aromatic rings. The molecule has 0 aromatic heterocycles. The van der Waals surface area contributed by atoms with Crippen molar-refractivity contribution >= 4 is 25.0 Å². The highest BCUT2D eigenvalue weighted by Gasteiger charge is 2.18. The minimum Gasteiger partial charge on any atom is -0.475 e. The number of fused-ring (bicyclic) bond motifs is 1. The van der Waals surface area contributed by atoms with Crippen molar-refractivity contribution in [2.24, 2.45) is 5.73 Å². The van der Waals surface area contributed by atoms with Gasteiger partial charge in [-0.2, -0.15) is 0 Å². The van der Waals surface area contributed by atoms with Crippen molar-refractivity contribution in [3.8, 4) is 5.75 Å². The fourth-order valence-electron chi connectivity index (χ4n) is 1.48. The zero-order chi connectivity index (χ0) is 9.26. The van der Waals surface area contributed by atoms with Gasteiger partial charge in [-0.1, -0.05) is 6.07 Å². The Bertz CT molecular complexity index is 318. The van der Waals surface area contributed by atoms with E-state index in [1.807, 2.05) is 12.1 Å². The van der Waals surface area contributed by atoms with Crippen LogP contribution in [0.2, 0.25) is 0 Å². The summed E-state index contributed by atoms with van der Waals surface area (Å²) in [6, 6.07) is 6.04. The van der Waals surface area contributed by atoms with Gasteiger partial charge in [-0.15, -0.1) is 0 Å². The summed E-state index contributed by atoms with van der Waals surface area (Å²) in [6.07, 6.45) is 1.77. The molecule has 0 saturated carbocycles.